The van der Waals surface area contributed by atoms with Crippen LogP contribution >= 0.6 is 0 Å². The molecule has 1 fully saturated rings. The minimum Gasteiger partial charge on any atom is -0.392 e. The van der Waals surface area contributed by atoms with E-state index in [-0.39, 0.29) is 36.4 Å². The fraction of sp³-hybridized carbons (Fsp3) is 0.773. The van der Waals surface area contributed by atoms with E-state index in [9.17, 15) is 9.90 Å². The second kappa shape index (κ2) is 9.29. The Bertz CT molecular complexity index is 534. The Morgan fingerprint density at radius 1 is 1.19 bits per heavy atom. The molecule has 0 spiro atoms. The number of aldehydes is 1. The third-order valence-corrected chi connectivity index (χ3v) is 6.18. The number of rotatable bonds is 9. The molecular formula is C22H36O4. The van der Waals surface area contributed by atoms with Crippen molar-refractivity contribution in [2.75, 3.05) is 6.61 Å². The predicted molar refractivity (Wildman–Crippen MR) is 104 cm³/mol. The van der Waals surface area contributed by atoms with Crippen molar-refractivity contribution in [2.24, 2.45) is 5.41 Å². The van der Waals surface area contributed by atoms with Crippen molar-refractivity contribution in [3.05, 3.63) is 23.3 Å². The summed E-state index contributed by atoms with van der Waals surface area (Å²) in [5.74, 6) is 0. The molecule has 2 heterocycles. The number of hydrogen-bond acceptors (Lipinski definition) is 4. The zero-order valence-electron chi connectivity index (χ0n) is 16.9. The van der Waals surface area contributed by atoms with E-state index in [0.29, 0.717) is 6.42 Å². The van der Waals surface area contributed by atoms with E-state index in [1.54, 1.807) is 0 Å². The minimum atomic E-state index is -0.0238. The molecule has 0 aromatic carbocycles. The molecule has 1 N–H and O–H groups in total. The van der Waals surface area contributed by atoms with Gasteiger partial charge in [-0.1, -0.05) is 32.9 Å². The molecule has 2 aliphatic rings. The maximum Gasteiger partial charge on any atom is 0.120 e. The van der Waals surface area contributed by atoms with E-state index in [1.807, 2.05) is 0 Å². The van der Waals surface area contributed by atoms with Crippen molar-refractivity contribution in [1.82, 2.24) is 0 Å². The first-order valence-electron chi connectivity index (χ1n) is 10.0. The van der Waals surface area contributed by atoms with Crippen molar-refractivity contribution >= 4 is 6.29 Å². The summed E-state index contributed by atoms with van der Waals surface area (Å²) in [6, 6.07) is 0. The maximum atomic E-state index is 10.6. The number of hydrogen-bond donors (Lipinski definition) is 1. The highest BCUT2D eigenvalue weighted by atomic mass is 16.5. The van der Waals surface area contributed by atoms with Gasteiger partial charge < -0.3 is 19.4 Å². The number of aliphatic hydroxyl groups is 1. The molecule has 0 amide bonds. The Morgan fingerprint density at radius 2 is 1.88 bits per heavy atom. The molecule has 4 heteroatoms. The van der Waals surface area contributed by atoms with Crippen LogP contribution in [0.3, 0.4) is 0 Å². The third kappa shape index (κ3) is 5.05. The van der Waals surface area contributed by atoms with Crippen LogP contribution < -0.4 is 0 Å². The minimum absolute atomic E-state index is 0.00533. The average Bonchev–Trinajstić information content (AvgIpc) is 2.97. The number of aliphatic hydroxyl groups excluding tert-OH is 1. The first kappa shape index (κ1) is 21.3. The predicted octanol–water partition coefficient (Wildman–Crippen LogP) is 4.36. The average molecular weight is 365 g/mol. The Hall–Kier alpha value is -0.970. The number of ether oxygens (including phenoxy) is 2. The van der Waals surface area contributed by atoms with Crippen LogP contribution in [-0.2, 0) is 14.3 Å². The van der Waals surface area contributed by atoms with E-state index < -0.39 is 0 Å². The van der Waals surface area contributed by atoms with Crippen LogP contribution in [0.5, 0.6) is 0 Å². The van der Waals surface area contributed by atoms with Crippen molar-refractivity contribution < 1.29 is 19.4 Å². The van der Waals surface area contributed by atoms with Crippen LogP contribution in [0.15, 0.2) is 23.3 Å². The normalized spacial score (nSPS) is 30.1. The van der Waals surface area contributed by atoms with Gasteiger partial charge in [0.1, 0.15) is 6.29 Å². The van der Waals surface area contributed by atoms with Gasteiger partial charge in [-0.25, -0.2) is 0 Å². The van der Waals surface area contributed by atoms with Gasteiger partial charge in [0.25, 0.3) is 0 Å². The lowest BCUT2D eigenvalue weighted by Gasteiger charge is -2.42. The van der Waals surface area contributed by atoms with Crippen LogP contribution in [0.1, 0.15) is 72.6 Å². The summed E-state index contributed by atoms with van der Waals surface area (Å²) in [6.45, 7) is 13.0. The lowest BCUT2D eigenvalue weighted by atomic mass is 9.76. The molecule has 0 aliphatic carbocycles. The van der Waals surface area contributed by atoms with Gasteiger partial charge in [-0.15, -0.1) is 0 Å². The zero-order chi connectivity index (χ0) is 19.3. The molecule has 4 atom stereocenters. The first-order valence-corrected chi connectivity index (χ1v) is 10.0. The van der Waals surface area contributed by atoms with Crippen LogP contribution in [0.2, 0.25) is 0 Å². The van der Waals surface area contributed by atoms with Crippen LogP contribution in [0, 0.1) is 5.41 Å². The molecule has 2 rings (SSSR count). The van der Waals surface area contributed by atoms with E-state index in [4.69, 9.17) is 9.47 Å². The van der Waals surface area contributed by atoms with Crippen molar-refractivity contribution in [3.63, 3.8) is 0 Å². The SMILES string of the molecule is C=C1C[C@H](CCC=O)O[C@H]1CC[C@H]1CC(C)=C(CO)C(C(C)(C)CC)O1. The van der Waals surface area contributed by atoms with Gasteiger partial charge >= 0.3 is 0 Å². The summed E-state index contributed by atoms with van der Waals surface area (Å²) in [6.07, 6.45) is 7.22. The second-order valence-electron chi connectivity index (χ2n) is 8.58. The molecule has 0 saturated carbocycles. The van der Waals surface area contributed by atoms with Crippen molar-refractivity contribution in [1.29, 1.82) is 0 Å². The summed E-state index contributed by atoms with van der Waals surface area (Å²) in [5.41, 5.74) is 3.48. The van der Waals surface area contributed by atoms with Crippen LogP contribution in [0.4, 0.5) is 0 Å². The fourth-order valence-corrected chi connectivity index (χ4v) is 4.08. The number of carbonyl (C=O) groups excluding carboxylic acids is 1. The highest BCUT2D eigenvalue weighted by Crippen LogP contribution is 2.40. The van der Waals surface area contributed by atoms with Crippen molar-refractivity contribution in [2.45, 2.75) is 97.1 Å². The van der Waals surface area contributed by atoms with Gasteiger partial charge in [-0.05, 0) is 62.0 Å². The van der Waals surface area contributed by atoms with Gasteiger partial charge in [0, 0.05) is 6.42 Å². The maximum absolute atomic E-state index is 10.6. The van der Waals surface area contributed by atoms with Gasteiger partial charge in [-0.3, -0.25) is 0 Å². The van der Waals surface area contributed by atoms with Crippen LogP contribution in [0.25, 0.3) is 0 Å². The second-order valence-corrected chi connectivity index (χ2v) is 8.58. The molecule has 0 aromatic rings. The van der Waals surface area contributed by atoms with Gasteiger partial charge in [-0.2, -0.15) is 0 Å². The lowest BCUT2D eigenvalue weighted by Crippen LogP contribution is -2.41. The topological polar surface area (TPSA) is 55.8 Å². The lowest BCUT2D eigenvalue weighted by molar-refractivity contribution is -0.108. The Labute approximate surface area is 158 Å². The Kier molecular flexibility index (Phi) is 7.63. The van der Waals surface area contributed by atoms with Gasteiger partial charge in [0.05, 0.1) is 31.0 Å². The molecule has 2 aliphatic heterocycles. The largest absolute Gasteiger partial charge is 0.392 e. The first-order chi connectivity index (χ1) is 12.3. The molecular weight excluding hydrogens is 328 g/mol. The summed E-state index contributed by atoms with van der Waals surface area (Å²) in [5, 5.41) is 9.82. The third-order valence-electron chi connectivity index (χ3n) is 6.18. The Morgan fingerprint density at radius 3 is 2.50 bits per heavy atom. The summed E-state index contributed by atoms with van der Waals surface area (Å²) in [7, 11) is 0. The van der Waals surface area contributed by atoms with Crippen molar-refractivity contribution in [3.8, 4) is 0 Å². The highest BCUT2D eigenvalue weighted by molar-refractivity contribution is 5.49. The molecule has 1 unspecified atom stereocenters. The fourth-order valence-electron chi connectivity index (χ4n) is 4.08. The standard InChI is InChI=1S/C22H36O4/c1-6-22(4,5)21-19(14-24)15(2)12-18(26-21)9-10-20-16(3)13-17(25-20)8-7-11-23/h11,17-18,20-21,24H,3,6-10,12-14H2,1-2,4-5H3/t17-,18-,20-,21?/m0/s1. The van der Waals surface area contributed by atoms with Gasteiger partial charge in [0.15, 0.2) is 0 Å². The molecule has 1 saturated heterocycles. The molecule has 4 nitrogen and oxygen atoms in total. The van der Waals surface area contributed by atoms with Crippen LogP contribution in [-0.4, -0.2) is 42.4 Å². The van der Waals surface area contributed by atoms with E-state index in [0.717, 1.165) is 56.0 Å². The monoisotopic (exact) mass is 364 g/mol. The quantitative estimate of drug-likeness (QED) is 0.488. The summed E-state index contributed by atoms with van der Waals surface area (Å²) < 4.78 is 12.5. The van der Waals surface area contributed by atoms with E-state index in [2.05, 4.69) is 34.3 Å². The molecule has 0 radical (unpaired) electrons. The number of carbonyl (C=O) groups is 1. The van der Waals surface area contributed by atoms with Gasteiger partial charge in [0.2, 0.25) is 0 Å². The molecule has 26 heavy (non-hydrogen) atoms. The smallest absolute Gasteiger partial charge is 0.120 e. The summed E-state index contributed by atoms with van der Waals surface area (Å²) in [4.78, 5) is 10.6. The van der Waals surface area contributed by atoms with E-state index >= 15 is 0 Å². The zero-order valence-corrected chi connectivity index (χ0v) is 16.9. The molecule has 0 bridgehead atoms. The molecule has 148 valence electrons. The molecule has 0 aromatic heterocycles. The highest BCUT2D eigenvalue weighted by Gasteiger charge is 2.38. The summed E-state index contributed by atoms with van der Waals surface area (Å²) >= 11 is 0. The Balaban J connectivity index is 1.95. The van der Waals surface area contributed by atoms with E-state index in [1.165, 1.54) is 5.57 Å².